The minimum atomic E-state index is -4.54. The summed E-state index contributed by atoms with van der Waals surface area (Å²) in [6.07, 6.45) is -2.31. The van der Waals surface area contributed by atoms with E-state index in [1.165, 1.54) is 12.1 Å². The van der Waals surface area contributed by atoms with Crippen LogP contribution >= 0.6 is 0 Å². The van der Waals surface area contributed by atoms with Crippen LogP contribution in [0.1, 0.15) is 26.3 Å². The third-order valence-electron chi connectivity index (χ3n) is 4.03. The summed E-state index contributed by atoms with van der Waals surface area (Å²) in [7, 11) is 0. The van der Waals surface area contributed by atoms with Crippen LogP contribution in [0.3, 0.4) is 0 Å². The molecule has 0 aliphatic heterocycles. The predicted molar refractivity (Wildman–Crippen MR) is 105 cm³/mol. The number of hydrogen-bond donors (Lipinski definition) is 2. The first-order chi connectivity index (χ1) is 14.3. The molecular weight excluding hydrogens is 417 g/mol. The molecule has 0 bridgehead atoms. The zero-order valence-corrected chi connectivity index (χ0v) is 16.8. The highest BCUT2D eigenvalue weighted by atomic mass is 19.4. The van der Waals surface area contributed by atoms with E-state index in [1.807, 2.05) is 0 Å². The van der Waals surface area contributed by atoms with Crippen LogP contribution in [0.5, 0.6) is 0 Å². The first-order valence-electron chi connectivity index (χ1n) is 9.08. The summed E-state index contributed by atoms with van der Waals surface area (Å²) in [5.74, 6) is -0.740. The molecule has 0 saturated heterocycles. The van der Waals surface area contributed by atoms with E-state index in [-0.39, 0.29) is 16.7 Å². The minimum Gasteiger partial charge on any atom is -0.333 e. The van der Waals surface area contributed by atoms with Crippen LogP contribution in [0.4, 0.5) is 18.0 Å². The predicted octanol–water partition coefficient (Wildman–Crippen LogP) is 2.23. The second-order valence-corrected chi connectivity index (χ2v) is 7.77. The van der Waals surface area contributed by atoms with Crippen LogP contribution in [0.2, 0.25) is 0 Å². The molecule has 2 heterocycles. The van der Waals surface area contributed by atoms with Crippen molar-refractivity contribution < 1.29 is 22.8 Å². The fraction of sp³-hybridized carbons (Fsp3) is 0.316. The fourth-order valence-corrected chi connectivity index (χ4v) is 2.76. The van der Waals surface area contributed by atoms with Crippen LogP contribution in [0.15, 0.2) is 41.6 Å². The van der Waals surface area contributed by atoms with Crippen LogP contribution < -0.4 is 16.2 Å². The van der Waals surface area contributed by atoms with Gasteiger partial charge in [0.15, 0.2) is 5.65 Å². The van der Waals surface area contributed by atoms with Crippen LogP contribution in [-0.2, 0) is 17.5 Å². The summed E-state index contributed by atoms with van der Waals surface area (Å²) in [5, 5.41) is 8.63. The summed E-state index contributed by atoms with van der Waals surface area (Å²) in [6, 6.07) is 3.72. The van der Waals surface area contributed by atoms with E-state index >= 15 is 0 Å². The van der Waals surface area contributed by atoms with Crippen molar-refractivity contribution in [1.82, 2.24) is 30.0 Å². The van der Waals surface area contributed by atoms with Crippen molar-refractivity contribution in [2.75, 3.05) is 0 Å². The number of imide groups is 1. The first kappa shape index (κ1) is 22.0. The molecule has 9 nitrogen and oxygen atoms in total. The molecule has 3 aromatic rings. The van der Waals surface area contributed by atoms with E-state index in [1.54, 1.807) is 20.8 Å². The molecular formula is C19H19F3N6O3. The van der Waals surface area contributed by atoms with Gasteiger partial charge in [0.05, 0.1) is 17.4 Å². The summed E-state index contributed by atoms with van der Waals surface area (Å²) < 4.78 is 41.0. The van der Waals surface area contributed by atoms with Gasteiger partial charge >= 0.3 is 12.2 Å². The standard InChI is InChI=1S/C19H19F3N6O3/c1-18(2,3)26-17(31)25-14(29)9-27-10-23-15-13(16(27)30)8-24-28(15)12-6-4-5-11(7-12)19(20,21)22/h4-8,10H,9H2,1-3H3,(H2,25,26,29,31). The Morgan fingerprint density at radius 1 is 1.16 bits per heavy atom. The van der Waals surface area contributed by atoms with Crippen LogP contribution in [0, 0.1) is 0 Å². The Hall–Kier alpha value is -3.70. The number of benzene rings is 1. The maximum atomic E-state index is 13.0. The molecule has 0 unspecified atom stereocenters. The van der Waals surface area contributed by atoms with E-state index in [4.69, 9.17) is 0 Å². The average molecular weight is 436 g/mol. The lowest BCUT2D eigenvalue weighted by atomic mass is 10.1. The van der Waals surface area contributed by atoms with E-state index < -0.39 is 41.3 Å². The number of amides is 3. The van der Waals surface area contributed by atoms with Crippen molar-refractivity contribution in [3.05, 3.63) is 52.7 Å². The van der Waals surface area contributed by atoms with E-state index in [2.05, 4.69) is 20.7 Å². The minimum absolute atomic E-state index is 0.00635. The number of alkyl halides is 3. The second-order valence-electron chi connectivity index (χ2n) is 7.77. The van der Waals surface area contributed by atoms with Crippen molar-refractivity contribution in [2.24, 2.45) is 0 Å². The molecule has 164 valence electrons. The maximum absolute atomic E-state index is 13.0. The summed E-state index contributed by atoms with van der Waals surface area (Å²) in [4.78, 5) is 40.6. The Morgan fingerprint density at radius 3 is 2.52 bits per heavy atom. The van der Waals surface area contributed by atoms with Gasteiger partial charge in [-0.3, -0.25) is 19.5 Å². The molecule has 2 N–H and O–H groups in total. The van der Waals surface area contributed by atoms with Crippen molar-refractivity contribution in [3.8, 4) is 5.69 Å². The van der Waals surface area contributed by atoms with Crippen molar-refractivity contribution in [1.29, 1.82) is 0 Å². The third kappa shape index (κ3) is 5.08. The molecule has 0 aliphatic rings. The highest BCUT2D eigenvalue weighted by molar-refractivity contribution is 5.94. The lowest BCUT2D eigenvalue weighted by molar-refractivity contribution is -0.137. The number of halogens is 3. The van der Waals surface area contributed by atoms with E-state index in [0.29, 0.717) is 0 Å². The molecule has 0 radical (unpaired) electrons. The highest BCUT2D eigenvalue weighted by Gasteiger charge is 2.30. The Morgan fingerprint density at radius 2 is 1.87 bits per heavy atom. The molecule has 0 fully saturated rings. The maximum Gasteiger partial charge on any atom is 0.416 e. The van der Waals surface area contributed by atoms with Crippen LogP contribution in [-0.4, -0.2) is 36.8 Å². The number of carbonyl (C=O) groups excluding carboxylic acids is 2. The molecule has 0 atom stereocenters. The highest BCUT2D eigenvalue weighted by Crippen LogP contribution is 2.30. The molecule has 0 spiro atoms. The number of nitrogens with zero attached hydrogens (tertiary/aromatic N) is 4. The monoisotopic (exact) mass is 436 g/mol. The van der Waals surface area contributed by atoms with Crippen molar-refractivity contribution in [3.63, 3.8) is 0 Å². The summed E-state index contributed by atoms with van der Waals surface area (Å²) >= 11 is 0. The van der Waals surface area contributed by atoms with Gasteiger partial charge in [-0.2, -0.15) is 18.3 Å². The molecule has 2 aromatic heterocycles. The topological polar surface area (TPSA) is 111 Å². The van der Waals surface area contributed by atoms with Crippen LogP contribution in [0.25, 0.3) is 16.7 Å². The van der Waals surface area contributed by atoms with E-state index in [9.17, 15) is 27.6 Å². The number of aromatic nitrogens is 4. The zero-order valence-electron chi connectivity index (χ0n) is 16.8. The van der Waals surface area contributed by atoms with Gasteiger partial charge in [0.2, 0.25) is 5.91 Å². The van der Waals surface area contributed by atoms with Crippen molar-refractivity contribution in [2.45, 2.75) is 39.0 Å². The molecule has 31 heavy (non-hydrogen) atoms. The number of nitrogens with one attached hydrogen (secondary N) is 2. The molecule has 3 rings (SSSR count). The van der Waals surface area contributed by atoms with Gasteiger partial charge in [-0.25, -0.2) is 14.5 Å². The number of urea groups is 1. The normalized spacial score (nSPS) is 12.1. The summed E-state index contributed by atoms with van der Waals surface area (Å²) in [6.45, 7) is 4.73. The SMILES string of the molecule is CC(C)(C)NC(=O)NC(=O)Cn1cnc2c(cnn2-c2cccc(C(F)(F)F)c2)c1=O. The van der Waals surface area contributed by atoms with Gasteiger partial charge < -0.3 is 5.32 Å². The largest absolute Gasteiger partial charge is 0.416 e. The Labute approximate surface area is 173 Å². The van der Waals surface area contributed by atoms with Crippen molar-refractivity contribution >= 4 is 23.0 Å². The first-order valence-corrected chi connectivity index (χ1v) is 9.08. The van der Waals surface area contributed by atoms with E-state index in [0.717, 1.165) is 33.9 Å². The quantitative estimate of drug-likeness (QED) is 0.654. The molecule has 3 amide bonds. The van der Waals surface area contributed by atoms with Gasteiger partial charge in [0.1, 0.15) is 18.3 Å². The number of fused-ring (bicyclic) bond motifs is 1. The molecule has 0 aliphatic carbocycles. The smallest absolute Gasteiger partial charge is 0.333 e. The fourth-order valence-electron chi connectivity index (χ4n) is 2.76. The summed E-state index contributed by atoms with van der Waals surface area (Å²) in [5.41, 5.74) is -1.95. The lowest BCUT2D eigenvalue weighted by Crippen LogP contribution is -2.49. The van der Waals surface area contributed by atoms with Gasteiger partial charge in [0, 0.05) is 5.54 Å². The number of rotatable bonds is 3. The molecule has 1 aromatic carbocycles. The zero-order chi connectivity index (χ0) is 23.0. The Bertz CT molecular complexity index is 1210. The Kier molecular flexibility index (Phi) is 5.57. The van der Waals surface area contributed by atoms with Gasteiger partial charge in [-0.1, -0.05) is 6.07 Å². The average Bonchev–Trinajstić information content (AvgIpc) is 3.06. The second kappa shape index (κ2) is 7.85. The van der Waals surface area contributed by atoms with Gasteiger partial charge in [-0.05, 0) is 39.0 Å². The molecule has 12 heteroatoms. The number of carbonyl (C=O) groups is 2. The van der Waals surface area contributed by atoms with Gasteiger partial charge in [0.25, 0.3) is 5.56 Å². The number of hydrogen-bond acceptors (Lipinski definition) is 5. The molecule has 0 saturated carbocycles. The lowest BCUT2D eigenvalue weighted by Gasteiger charge is -2.20. The Balaban J connectivity index is 1.86. The van der Waals surface area contributed by atoms with Gasteiger partial charge in [-0.15, -0.1) is 0 Å². The third-order valence-corrected chi connectivity index (χ3v) is 4.03.